The van der Waals surface area contributed by atoms with Gasteiger partial charge in [-0.2, -0.15) is 9.78 Å². The third-order valence-corrected chi connectivity index (χ3v) is 4.74. The highest BCUT2D eigenvalue weighted by atomic mass is 16.5. The number of aromatic nitrogens is 5. The van der Waals surface area contributed by atoms with E-state index in [2.05, 4.69) is 15.4 Å². The van der Waals surface area contributed by atoms with Crippen molar-refractivity contribution in [3.8, 4) is 5.69 Å². The topological polar surface area (TPSA) is 91.9 Å². The molecule has 0 aliphatic heterocycles. The van der Waals surface area contributed by atoms with E-state index < -0.39 is 5.97 Å². The van der Waals surface area contributed by atoms with Crippen LogP contribution in [0.5, 0.6) is 0 Å². The van der Waals surface area contributed by atoms with E-state index in [0.717, 1.165) is 27.3 Å². The molecule has 146 valence electrons. The van der Waals surface area contributed by atoms with Gasteiger partial charge in [0, 0.05) is 11.3 Å². The van der Waals surface area contributed by atoms with Crippen molar-refractivity contribution in [1.29, 1.82) is 0 Å². The highest BCUT2D eigenvalue weighted by molar-refractivity contribution is 5.76. The molecule has 0 fully saturated rings. The van der Waals surface area contributed by atoms with Gasteiger partial charge in [-0.15, -0.1) is 5.10 Å². The van der Waals surface area contributed by atoms with Gasteiger partial charge in [0.25, 0.3) is 5.56 Å². The summed E-state index contributed by atoms with van der Waals surface area (Å²) in [5.74, 6) is -0.467. The van der Waals surface area contributed by atoms with Crippen LogP contribution in [0, 0.1) is 13.8 Å². The Morgan fingerprint density at radius 3 is 2.55 bits per heavy atom. The summed E-state index contributed by atoms with van der Waals surface area (Å²) in [4.78, 5) is 24.8. The zero-order valence-electron chi connectivity index (χ0n) is 16.1. The normalized spacial score (nSPS) is 11.0. The monoisotopic (exact) mass is 389 g/mol. The molecule has 0 spiro atoms. The molecule has 0 amide bonds. The molecule has 0 saturated heterocycles. The van der Waals surface area contributed by atoms with Crippen molar-refractivity contribution in [2.75, 3.05) is 0 Å². The van der Waals surface area contributed by atoms with Gasteiger partial charge in [-0.3, -0.25) is 9.59 Å². The van der Waals surface area contributed by atoms with E-state index in [9.17, 15) is 9.59 Å². The van der Waals surface area contributed by atoms with Gasteiger partial charge in [-0.1, -0.05) is 35.5 Å². The van der Waals surface area contributed by atoms with Crippen LogP contribution in [0.1, 0.15) is 17.0 Å². The molecule has 4 rings (SSSR count). The van der Waals surface area contributed by atoms with Crippen molar-refractivity contribution in [2.24, 2.45) is 0 Å². The van der Waals surface area contributed by atoms with Gasteiger partial charge in [0.1, 0.15) is 5.52 Å². The Balaban J connectivity index is 1.49. The first-order valence-corrected chi connectivity index (χ1v) is 9.13. The highest BCUT2D eigenvalue weighted by Gasteiger charge is 2.17. The van der Waals surface area contributed by atoms with Gasteiger partial charge >= 0.3 is 5.97 Å². The van der Waals surface area contributed by atoms with Gasteiger partial charge in [-0.25, -0.2) is 4.68 Å². The van der Waals surface area contributed by atoms with E-state index in [1.54, 1.807) is 28.9 Å². The molecule has 2 heterocycles. The molecule has 0 radical (unpaired) electrons. The minimum Gasteiger partial charge on any atom is -0.442 e. The van der Waals surface area contributed by atoms with Gasteiger partial charge in [0.15, 0.2) is 6.73 Å². The molecule has 8 heteroatoms. The fourth-order valence-corrected chi connectivity index (χ4v) is 3.19. The summed E-state index contributed by atoms with van der Waals surface area (Å²) in [7, 11) is 0. The maximum atomic E-state index is 12.4. The number of hydrogen-bond acceptors (Lipinski definition) is 6. The number of carbonyl (C=O) groups is 1. The molecule has 2 aromatic heterocycles. The van der Waals surface area contributed by atoms with Gasteiger partial charge in [0.2, 0.25) is 0 Å². The second-order valence-electron chi connectivity index (χ2n) is 6.63. The van der Waals surface area contributed by atoms with E-state index in [1.807, 2.05) is 44.2 Å². The molecule has 4 aromatic rings. The van der Waals surface area contributed by atoms with Crippen LogP contribution in [0.15, 0.2) is 59.4 Å². The SMILES string of the molecule is Cc1nn(-c2ccccc2)c(C)c1CC(=O)OCn1nnc2ccccc2c1=O. The largest absolute Gasteiger partial charge is 0.442 e. The predicted molar refractivity (Wildman–Crippen MR) is 107 cm³/mol. The van der Waals surface area contributed by atoms with E-state index in [0.29, 0.717) is 10.9 Å². The Morgan fingerprint density at radius 2 is 1.76 bits per heavy atom. The molecule has 29 heavy (non-hydrogen) atoms. The standard InChI is InChI=1S/C21H19N5O3/c1-14-18(15(2)26(23-14)16-8-4-3-5-9-16)12-20(27)29-13-25-21(28)17-10-6-7-11-19(17)22-24-25/h3-11H,12-13H2,1-2H3. The number of aryl methyl sites for hydroxylation is 1. The summed E-state index contributed by atoms with van der Waals surface area (Å²) in [5, 5.41) is 12.8. The van der Waals surface area contributed by atoms with Gasteiger partial charge < -0.3 is 4.74 Å². The number of fused-ring (bicyclic) bond motifs is 1. The zero-order valence-corrected chi connectivity index (χ0v) is 16.1. The summed E-state index contributed by atoms with van der Waals surface area (Å²) >= 11 is 0. The smallest absolute Gasteiger partial charge is 0.312 e. The van der Waals surface area contributed by atoms with Crippen LogP contribution in [0.2, 0.25) is 0 Å². The van der Waals surface area contributed by atoms with Crippen molar-refractivity contribution in [3.05, 3.63) is 81.9 Å². The Kier molecular flexibility index (Phi) is 4.90. The first-order valence-electron chi connectivity index (χ1n) is 9.13. The lowest BCUT2D eigenvalue weighted by Gasteiger charge is -2.07. The summed E-state index contributed by atoms with van der Waals surface area (Å²) in [6, 6.07) is 16.6. The van der Waals surface area contributed by atoms with Crippen molar-refractivity contribution >= 4 is 16.9 Å². The number of ether oxygens (including phenoxy) is 1. The first-order chi connectivity index (χ1) is 14.0. The Morgan fingerprint density at radius 1 is 1.03 bits per heavy atom. The third kappa shape index (κ3) is 3.64. The number of carbonyl (C=O) groups excluding carboxylic acids is 1. The van der Waals surface area contributed by atoms with E-state index >= 15 is 0 Å². The molecule has 0 N–H and O–H groups in total. The summed E-state index contributed by atoms with van der Waals surface area (Å²) < 4.78 is 8.11. The van der Waals surface area contributed by atoms with Crippen LogP contribution in [-0.2, 0) is 22.7 Å². The average Bonchev–Trinajstić information content (AvgIpc) is 3.02. The Labute approximate surface area is 166 Å². The first kappa shape index (κ1) is 18.5. The molecule has 8 nitrogen and oxygen atoms in total. The van der Waals surface area contributed by atoms with E-state index in [1.165, 1.54) is 0 Å². The number of nitrogens with zero attached hydrogens (tertiary/aromatic N) is 5. The molecular weight excluding hydrogens is 370 g/mol. The van der Waals surface area contributed by atoms with Gasteiger partial charge in [-0.05, 0) is 38.1 Å². The number of para-hydroxylation sites is 1. The molecule has 0 aliphatic carbocycles. The molecule has 0 bridgehead atoms. The fourth-order valence-electron chi connectivity index (χ4n) is 3.19. The summed E-state index contributed by atoms with van der Waals surface area (Å²) in [5.41, 5.74) is 3.49. The van der Waals surface area contributed by atoms with Crippen LogP contribution < -0.4 is 5.56 Å². The molecule has 0 unspecified atom stereocenters. The van der Waals surface area contributed by atoms with Crippen molar-refractivity contribution < 1.29 is 9.53 Å². The third-order valence-electron chi connectivity index (χ3n) is 4.74. The van der Waals surface area contributed by atoms with Crippen molar-refractivity contribution in [3.63, 3.8) is 0 Å². The zero-order chi connectivity index (χ0) is 20.4. The minimum absolute atomic E-state index is 0.0558. The molecular formula is C21H19N5O3. The highest BCUT2D eigenvalue weighted by Crippen LogP contribution is 2.18. The van der Waals surface area contributed by atoms with Crippen LogP contribution in [0.25, 0.3) is 16.6 Å². The average molecular weight is 389 g/mol. The fraction of sp³-hybridized carbons (Fsp3) is 0.190. The predicted octanol–water partition coefficient (Wildman–Crippen LogP) is 2.34. The number of benzene rings is 2. The minimum atomic E-state index is -0.467. The van der Waals surface area contributed by atoms with E-state index in [4.69, 9.17) is 4.74 Å². The van der Waals surface area contributed by atoms with Crippen LogP contribution >= 0.6 is 0 Å². The van der Waals surface area contributed by atoms with E-state index in [-0.39, 0.29) is 18.7 Å². The van der Waals surface area contributed by atoms with Crippen molar-refractivity contribution in [1.82, 2.24) is 24.8 Å². The van der Waals surface area contributed by atoms with Crippen LogP contribution in [0.4, 0.5) is 0 Å². The van der Waals surface area contributed by atoms with Crippen molar-refractivity contribution in [2.45, 2.75) is 27.0 Å². The Bertz CT molecular complexity index is 1240. The second kappa shape index (κ2) is 7.67. The Hall–Kier alpha value is -3.81. The lowest BCUT2D eigenvalue weighted by Crippen LogP contribution is -2.27. The lowest BCUT2D eigenvalue weighted by atomic mass is 10.1. The summed E-state index contributed by atoms with van der Waals surface area (Å²) in [6.07, 6.45) is 0.0558. The lowest BCUT2D eigenvalue weighted by molar-refractivity contribution is -0.147. The maximum absolute atomic E-state index is 12.4. The molecule has 0 aliphatic rings. The number of esters is 1. The molecule has 0 atom stereocenters. The number of rotatable bonds is 5. The second-order valence-corrected chi connectivity index (χ2v) is 6.63. The molecule has 0 saturated carbocycles. The maximum Gasteiger partial charge on any atom is 0.312 e. The van der Waals surface area contributed by atoms with Gasteiger partial charge in [0.05, 0.1) is 23.2 Å². The van der Waals surface area contributed by atoms with Crippen LogP contribution in [0.3, 0.4) is 0 Å². The quantitative estimate of drug-likeness (QED) is 0.487. The number of hydrogen-bond donors (Lipinski definition) is 0. The molecule has 2 aromatic carbocycles. The van der Waals surface area contributed by atoms with Crippen LogP contribution in [-0.4, -0.2) is 30.7 Å². The summed E-state index contributed by atoms with van der Waals surface area (Å²) in [6.45, 7) is 3.48.